The minimum absolute atomic E-state index is 0.167. The second kappa shape index (κ2) is 7.73. The Balaban J connectivity index is 1.41. The molecule has 1 aromatic carbocycles. The number of nitrogens with zero attached hydrogens (tertiary/aromatic N) is 5. The van der Waals surface area contributed by atoms with Gasteiger partial charge in [0, 0.05) is 39.4 Å². The van der Waals surface area contributed by atoms with Crippen LogP contribution < -0.4 is 0 Å². The van der Waals surface area contributed by atoms with Gasteiger partial charge >= 0.3 is 0 Å². The van der Waals surface area contributed by atoms with Crippen LogP contribution in [0.25, 0.3) is 6.08 Å². The van der Waals surface area contributed by atoms with Crippen LogP contribution in [0.15, 0.2) is 51.5 Å². The van der Waals surface area contributed by atoms with Crippen molar-refractivity contribution in [3.63, 3.8) is 0 Å². The molecule has 11 heteroatoms. The molecule has 2 aliphatic heterocycles. The SMILES string of the molecule is Cn1cc(S(=O)(=O)N2CCN(C3=NC(=O)C(=Cc4ccc(F)cc4)S3)CC2)cn1. The highest BCUT2D eigenvalue weighted by atomic mass is 32.2. The number of carbonyl (C=O) groups is 1. The zero-order valence-corrected chi connectivity index (χ0v) is 17.2. The number of halogens is 1. The Morgan fingerprint density at radius 3 is 2.45 bits per heavy atom. The van der Waals surface area contributed by atoms with Gasteiger partial charge in [-0.15, -0.1) is 0 Å². The lowest BCUT2D eigenvalue weighted by Crippen LogP contribution is -2.49. The first kappa shape index (κ1) is 19.8. The lowest BCUT2D eigenvalue weighted by atomic mass is 10.2. The highest BCUT2D eigenvalue weighted by Crippen LogP contribution is 2.31. The zero-order valence-electron chi connectivity index (χ0n) is 15.5. The third-order valence-electron chi connectivity index (χ3n) is 4.61. The van der Waals surface area contributed by atoms with Gasteiger partial charge in [0.15, 0.2) is 5.17 Å². The fraction of sp³-hybridized carbons (Fsp3) is 0.278. The molecule has 4 rings (SSSR count). The number of hydrogen-bond acceptors (Lipinski definition) is 6. The number of amidine groups is 1. The van der Waals surface area contributed by atoms with E-state index in [0.717, 1.165) is 0 Å². The van der Waals surface area contributed by atoms with E-state index < -0.39 is 10.0 Å². The molecule has 29 heavy (non-hydrogen) atoms. The smallest absolute Gasteiger partial charge is 0.286 e. The predicted octanol–water partition coefficient (Wildman–Crippen LogP) is 1.54. The van der Waals surface area contributed by atoms with Crippen molar-refractivity contribution in [1.82, 2.24) is 19.0 Å². The second-order valence-corrected chi connectivity index (χ2v) is 9.55. The molecule has 0 spiro atoms. The van der Waals surface area contributed by atoms with Crippen LogP contribution in [0.4, 0.5) is 4.39 Å². The van der Waals surface area contributed by atoms with E-state index in [1.54, 1.807) is 25.3 Å². The monoisotopic (exact) mass is 435 g/mol. The summed E-state index contributed by atoms with van der Waals surface area (Å²) < 4.78 is 41.3. The van der Waals surface area contributed by atoms with Crippen molar-refractivity contribution in [3.05, 3.63) is 52.9 Å². The maximum absolute atomic E-state index is 13.0. The summed E-state index contributed by atoms with van der Waals surface area (Å²) in [5.41, 5.74) is 0.714. The van der Waals surface area contributed by atoms with Crippen molar-refractivity contribution in [2.75, 3.05) is 26.2 Å². The number of piperazine rings is 1. The topological polar surface area (TPSA) is 87.9 Å². The van der Waals surface area contributed by atoms with Gasteiger partial charge < -0.3 is 4.90 Å². The molecule has 2 aromatic rings. The summed E-state index contributed by atoms with van der Waals surface area (Å²) in [5, 5.41) is 4.48. The summed E-state index contributed by atoms with van der Waals surface area (Å²) in [6.45, 7) is 1.45. The van der Waals surface area contributed by atoms with Gasteiger partial charge in [-0.05, 0) is 35.5 Å². The number of amides is 1. The molecule has 8 nitrogen and oxygen atoms in total. The quantitative estimate of drug-likeness (QED) is 0.680. The van der Waals surface area contributed by atoms with Crippen molar-refractivity contribution in [3.8, 4) is 0 Å². The molecule has 1 saturated heterocycles. The molecular formula is C18H18FN5O3S2. The first-order chi connectivity index (χ1) is 13.8. The van der Waals surface area contributed by atoms with E-state index in [0.29, 0.717) is 41.8 Å². The summed E-state index contributed by atoms with van der Waals surface area (Å²) >= 11 is 1.25. The third-order valence-corrected chi connectivity index (χ3v) is 7.50. The van der Waals surface area contributed by atoms with Gasteiger partial charge in [-0.2, -0.15) is 14.4 Å². The zero-order chi connectivity index (χ0) is 20.6. The molecule has 0 bridgehead atoms. The number of rotatable bonds is 3. The largest absolute Gasteiger partial charge is 0.348 e. The van der Waals surface area contributed by atoms with E-state index >= 15 is 0 Å². The lowest BCUT2D eigenvalue weighted by molar-refractivity contribution is -0.113. The van der Waals surface area contributed by atoms with Crippen LogP contribution in [0.5, 0.6) is 0 Å². The Labute approximate surface area is 171 Å². The van der Waals surface area contributed by atoms with Gasteiger partial charge in [0.1, 0.15) is 10.7 Å². The van der Waals surface area contributed by atoms with Gasteiger partial charge in [0.25, 0.3) is 5.91 Å². The Kier molecular flexibility index (Phi) is 5.28. The van der Waals surface area contributed by atoms with Gasteiger partial charge in [-0.1, -0.05) is 12.1 Å². The average molecular weight is 436 g/mol. The minimum atomic E-state index is -3.59. The summed E-state index contributed by atoms with van der Waals surface area (Å²) in [6, 6.07) is 5.85. The fourth-order valence-electron chi connectivity index (χ4n) is 3.04. The second-order valence-electron chi connectivity index (χ2n) is 6.60. The average Bonchev–Trinajstić information content (AvgIpc) is 3.30. The molecule has 152 valence electrons. The van der Waals surface area contributed by atoms with E-state index in [-0.39, 0.29) is 16.6 Å². The molecule has 0 radical (unpaired) electrons. The van der Waals surface area contributed by atoms with Crippen LogP contribution in [0.2, 0.25) is 0 Å². The Morgan fingerprint density at radius 1 is 1.14 bits per heavy atom. The summed E-state index contributed by atoms with van der Waals surface area (Å²) in [6.07, 6.45) is 4.49. The fourth-order valence-corrected chi connectivity index (χ4v) is 5.42. The predicted molar refractivity (Wildman–Crippen MR) is 108 cm³/mol. The van der Waals surface area contributed by atoms with Crippen LogP contribution in [0.1, 0.15) is 5.56 Å². The summed E-state index contributed by atoms with van der Waals surface area (Å²) in [7, 11) is -1.92. The van der Waals surface area contributed by atoms with Gasteiger partial charge in [-0.3, -0.25) is 9.48 Å². The number of benzene rings is 1. The minimum Gasteiger partial charge on any atom is -0.348 e. The van der Waals surface area contributed by atoms with Crippen LogP contribution >= 0.6 is 11.8 Å². The van der Waals surface area contributed by atoms with Crippen LogP contribution in [0.3, 0.4) is 0 Å². The highest BCUT2D eigenvalue weighted by Gasteiger charge is 2.33. The number of carbonyl (C=O) groups excluding carboxylic acids is 1. The number of thioether (sulfide) groups is 1. The Hall–Kier alpha value is -2.50. The van der Waals surface area contributed by atoms with E-state index in [2.05, 4.69) is 10.1 Å². The molecule has 0 aliphatic carbocycles. The van der Waals surface area contributed by atoms with Crippen LogP contribution in [0, 0.1) is 5.82 Å². The number of aryl methyl sites for hydroxylation is 1. The molecule has 0 unspecified atom stereocenters. The molecule has 2 aliphatic rings. The molecule has 1 fully saturated rings. The van der Waals surface area contributed by atoms with Gasteiger partial charge in [-0.25, -0.2) is 12.8 Å². The van der Waals surface area contributed by atoms with Gasteiger partial charge in [0.05, 0.1) is 11.1 Å². The number of aromatic nitrogens is 2. The third kappa shape index (κ3) is 4.11. The van der Waals surface area contributed by atoms with Crippen LogP contribution in [-0.2, 0) is 21.9 Å². The molecule has 3 heterocycles. The molecule has 1 aromatic heterocycles. The first-order valence-electron chi connectivity index (χ1n) is 8.85. The Bertz CT molecular complexity index is 1100. The molecule has 1 amide bonds. The molecule has 0 atom stereocenters. The number of hydrogen-bond donors (Lipinski definition) is 0. The van der Waals surface area contributed by atoms with E-state index in [1.807, 2.05) is 4.90 Å². The lowest BCUT2D eigenvalue weighted by Gasteiger charge is -2.34. The van der Waals surface area contributed by atoms with Crippen molar-refractivity contribution in [1.29, 1.82) is 0 Å². The normalized spacial score (nSPS) is 19.8. The van der Waals surface area contributed by atoms with Gasteiger partial charge in [0.2, 0.25) is 10.0 Å². The van der Waals surface area contributed by atoms with E-state index in [9.17, 15) is 17.6 Å². The maximum Gasteiger partial charge on any atom is 0.286 e. The van der Waals surface area contributed by atoms with E-state index in [1.165, 1.54) is 45.3 Å². The summed E-state index contributed by atoms with van der Waals surface area (Å²) in [5.74, 6) is -0.687. The molecular weight excluding hydrogens is 417 g/mol. The number of aliphatic imine (C=N–C) groups is 1. The Morgan fingerprint density at radius 2 is 1.83 bits per heavy atom. The van der Waals surface area contributed by atoms with Crippen molar-refractivity contribution in [2.24, 2.45) is 12.0 Å². The van der Waals surface area contributed by atoms with E-state index in [4.69, 9.17) is 0 Å². The number of sulfonamides is 1. The molecule has 0 N–H and O–H groups in total. The first-order valence-corrected chi connectivity index (χ1v) is 11.1. The van der Waals surface area contributed by atoms with Crippen LogP contribution in [-0.4, -0.2) is 64.7 Å². The maximum atomic E-state index is 13.0. The van der Waals surface area contributed by atoms with Crippen molar-refractivity contribution in [2.45, 2.75) is 4.90 Å². The standard InChI is InChI=1S/C18H18FN5O3S2/c1-22-12-15(11-20-22)29(26,27)24-8-6-23(7-9-24)18-21-17(25)16(28-18)10-13-2-4-14(19)5-3-13/h2-5,10-12H,6-9H2,1H3. The summed E-state index contributed by atoms with van der Waals surface area (Å²) in [4.78, 5) is 18.8. The van der Waals surface area contributed by atoms with Crippen molar-refractivity contribution >= 4 is 38.9 Å². The molecule has 0 saturated carbocycles. The highest BCUT2D eigenvalue weighted by molar-refractivity contribution is 8.18. The van der Waals surface area contributed by atoms with Crippen molar-refractivity contribution < 1.29 is 17.6 Å².